The Morgan fingerprint density at radius 3 is 2.27 bits per heavy atom. The van der Waals surface area contributed by atoms with Gasteiger partial charge in [-0.3, -0.25) is 9.59 Å². The van der Waals surface area contributed by atoms with Gasteiger partial charge >= 0.3 is 0 Å². The van der Waals surface area contributed by atoms with Gasteiger partial charge < -0.3 is 9.47 Å². The average molecular weight is 352 g/mol. The zero-order chi connectivity index (χ0) is 18.0. The molecule has 1 aromatic rings. The number of ether oxygens (including phenoxy) is 2. The topological polar surface area (TPSA) is 68.2 Å². The Bertz CT molecular complexity index is 825. The van der Waals surface area contributed by atoms with E-state index in [1.165, 1.54) is 6.21 Å². The monoisotopic (exact) mass is 352 g/mol. The molecule has 134 valence electrons. The predicted molar refractivity (Wildman–Crippen MR) is 93.7 cm³/mol. The number of methoxy groups -OCH3 is 2. The third-order valence-electron chi connectivity index (χ3n) is 6.39. The molecule has 0 unspecified atom stereocenters. The van der Waals surface area contributed by atoms with Crippen molar-refractivity contribution in [3.8, 4) is 11.5 Å². The van der Waals surface area contributed by atoms with Crippen LogP contribution in [0.3, 0.4) is 0 Å². The molecule has 1 saturated heterocycles. The van der Waals surface area contributed by atoms with Crippen molar-refractivity contribution in [2.24, 2.45) is 40.6 Å². The summed E-state index contributed by atoms with van der Waals surface area (Å²) in [6.07, 6.45) is 6.97. The molecule has 1 aliphatic heterocycles. The van der Waals surface area contributed by atoms with Crippen LogP contribution >= 0.6 is 0 Å². The lowest BCUT2D eigenvalue weighted by Gasteiger charge is -2.37. The molecular weight excluding hydrogens is 332 g/mol. The number of hydrogen-bond donors (Lipinski definition) is 0. The fourth-order valence-corrected chi connectivity index (χ4v) is 5.19. The van der Waals surface area contributed by atoms with Crippen LogP contribution in [-0.4, -0.2) is 37.3 Å². The summed E-state index contributed by atoms with van der Waals surface area (Å²) in [6, 6.07) is 5.41. The first-order valence-corrected chi connectivity index (χ1v) is 8.96. The van der Waals surface area contributed by atoms with Crippen LogP contribution in [-0.2, 0) is 9.59 Å². The molecule has 5 aliphatic rings. The van der Waals surface area contributed by atoms with E-state index in [0.29, 0.717) is 28.9 Å². The van der Waals surface area contributed by atoms with E-state index < -0.39 is 0 Å². The van der Waals surface area contributed by atoms with Crippen LogP contribution in [0, 0.1) is 35.5 Å². The normalized spacial score (nSPS) is 36.5. The van der Waals surface area contributed by atoms with Gasteiger partial charge in [0.1, 0.15) is 0 Å². The summed E-state index contributed by atoms with van der Waals surface area (Å²) in [5.74, 6) is 1.90. The highest BCUT2D eigenvalue weighted by atomic mass is 16.5. The van der Waals surface area contributed by atoms with E-state index >= 15 is 0 Å². The summed E-state index contributed by atoms with van der Waals surface area (Å²) < 4.78 is 10.7. The second-order valence-corrected chi connectivity index (χ2v) is 7.47. The van der Waals surface area contributed by atoms with Gasteiger partial charge in [0.2, 0.25) is 0 Å². The zero-order valence-electron chi connectivity index (χ0n) is 14.7. The number of nitrogens with zero attached hydrogens (tertiary/aromatic N) is 2. The third-order valence-corrected chi connectivity index (χ3v) is 6.39. The van der Waals surface area contributed by atoms with Crippen molar-refractivity contribution >= 4 is 18.0 Å². The Morgan fingerprint density at radius 1 is 1.04 bits per heavy atom. The first-order chi connectivity index (χ1) is 12.7. The minimum Gasteiger partial charge on any atom is -0.493 e. The van der Waals surface area contributed by atoms with Crippen molar-refractivity contribution in [2.75, 3.05) is 14.2 Å². The molecule has 6 atom stereocenters. The third kappa shape index (κ3) is 1.95. The molecule has 6 heteroatoms. The van der Waals surface area contributed by atoms with E-state index in [1.807, 2.05) is 12.1 Å². The fraction of sp³-hybridized carbons (Fsp3) is 0.450. The molecule has 3 fully saturated rings. The zero-order valence-corrected chi connectivity index (χ0v) is 14.7. The minimum atomic E-state index is -0.231. The average Bonchev–Trinajstić information content (AvgIpc) is 3.45. The van der Waals surface area contributed by atoms with Crippen LogP contribution in [0.5, 0.6) is 11.5 Å². The van der Waals surface area contributed by atoms with Crippen molar-refractivity contribution in [1.82, 2.24) is 5.01 Å². The molecule has 0 N–H and O–H groups in total. The van der Waals surface area contributed by atoms with Crippen LogP contribution in [0.1, 0.15) is 12.0 Å². The van der Waals surface area contributed by atoms with Gasteiger partial charge in [-0.15, -0.1) is 0 Å². The lowest BCUT2D eigenvalue weighted by Crippen LogP contribution is -2.40. The molecule has 26 heavy (non-hydrogen) atoms. The molecule has 2 amide bonds. The summed E-state index contributed by atoms with van der Waals surface area (Å²) in [4.78, 5) is 25.8. The smallest absolute Gasteiger partial charge is 0.254 e. The van der Waals surface area contributed by atoms with Crippen molar-refractivity contribution in [2.45, 2.75) is 6.42 Å². The summed E-state index contributed by atoms with van der Waals surface area (Å²) in [6.45, 7) is 0. The Hall–Kier alpha value is -2.63. The van der Waals surface area contributed by atoms with Gasteiger partial charge in [-0.1, -0.05) is 18.2 Å². The number of carbonyl (C=O) groups is 2. The molecule has 2 saturated carbocycles. The largest absolute Gasteiger partial charge is 0.493 e. The standard InChI is InChI=1S/C20H20N2O4/c1-25-15-5-3-4-10(18(15)26-2)9-21-22-19(23)16-11-6-7-12(14-8-13(11)14)17(16)20(22)24/h3-7,9,11-14,16-17H,8H2,1-2H3/b21-9-/t11-,12-,13-,14+,16-,17+/m0/s1. The van der Waals surface area contributed by atoms with E-state index in [0.717, 1.165) is 11.4 Å². The number of carbonyl (C=O) groups excluding carboxylic acids is 2. The van der Waals surface area contributed by atoms with Crippen molar-refractivity contribution in [3.63, 3.8) is 0 Å². The SMILES string of the molecule is COc1cccc(/C=N\N2C(=O)[C@@H]3[C@H]4C=C[C@@H]([C@@H]5C[C@H]45)[C@@H]3C2=O)c1OC. The molecule has 0 spiro atoms. The molecule has 0 aromatic heterocycles. The highest BCUT2D eigenvalue weighted by molar-refractivity contribution is 6.06. The molecule has 6 rings (SSSR count). The number of amides is 2. The number of hydrazone groups is 1. The van der Waals surface area contributed by atoms with E-state index in [9.17, 15) is 9.59 Å². The molecule has 2 bridgehead atoms. The second kappa shape index (κ2) is 5.43. The van der Waals surface area contributed by atoms with E-state index in [-0.39, 0.29) is 35.5 Å². The highest BCUT2D eigenvalue weighted by Crippen LogP contribution is 2.65. The maximum Gasteiger partial charge on any atom is 0.254 e. The lowest BCUT2D eigenvalue weighted by atomic mass is 9.63. The molecular formula is C20H20N2O4. The maximum absolute atomic E-state index is 12.9. The lowest BCUT2D eigenvalue weighted by molar-refractivity contribution is -0.140. The van der Waals surface area contributed by atoms with Crippen LogP contribution in [0.2, 0.25) is 0 Å². The summed E-state index contributed by atoms with van der Waals surface area (Å²) in [5.41, 5.74) is 0.659. The highest BCUT2D eigenvalue weighted by Gasteiger charge is 2.67. The van der Waals surface area contributed by atoms with Gasteiger partial charge in [0.25, 0.3) is 11.8 Å². The Morgan fingerprint density at radius 2 is 1.69 bits per heavy atom. The van der Waals surface area contributed by atoms with Crippen molar-refractivity contribution in [3.05, 3.63) is 35.9 Å². The van der Waals surface area contributed by atoms with Gasteiger partial charge in [-0.25, -0.2) is 0 Å². The maximum atomic E-state index is 12.9. The first kappa shape index (κ1) is 15.6. The van der Waals surface area contributed by atoms with Gasteiger partial charge in [-0.2, -0.15) is 10.1 Å². The van der Waals surface area contributed by atoms with E-state index in [4.69, 9.17) is 9.47 Å². The Kier molecular flexibility index (Phi) is 3.26. The van der Waals surface area contributed by atoms with Crippen LogP contribution < -0.4 is 9.47 Å². The van der Waals surface area contributed by atoms with Gasteiger partial charge in [0.05, 0.1) is 32.3 Å². The number of hydrogen-bond acceptors (Lipinski definition) is 5. The summed E-state index contributed by atoms with van der Waals surface area (Å²) in [7, 11) is 3.11. The number of para-hydroxylation sites is 1. The molecule has 1 aromatic carbocycles. The Labute approximate surface area is 151 Å². The van der Waals surface area contributed by atoms with Crippen LogP contribution in [0.15, 0.2) is 35.5 Å². The minimum absolute atomic E-state index is 0.164. The quantitative estimate of drug-likeness (QED) is 0.473. The van der Waals surface area contributed by atoms with Crippen LogP contribution in [0.25, 0.3) is 0 Å². The predicted octanol–water partition coefficient (Wildman–Crippen LogP) is 2.09. The van der Waals surface area contributed by atoms with Crippen LogP contribution in [0.4, 0.5) is 0 Å². The number of benzene rings is 1. The first-order valence-electron chi connectivity index (χ1n) is 8.96. The Balaban J connectivity index is 1.45. The molecule has 0 radical (unpaired) electrons. The van der Waals surface area contributed by atoms with Gasteiger partial charge in [0, 0.05) is 5.56 Å². The van der Waals surface area contributed by atoms with Crippen molar-refractivity contribution < 1.29 is 19.1 Å². The number of imide groups is 1. The van der Waals surface area contributed by atoms with Gasteiger partial charge in [-0.05, 0) is 42.2 Å². The summed E-state index contributed by atoms with van der Waals surface area (Å²) in [5, 5.41) is 5.32. The number of rotatable bonds is 4. The summed E-state index contributed by atoms with van der Waals surface area (Å²) >= 11 is 0. The number of allylic oxidation sites excluding steroid dienone is 2. The van der Waals surface area contributed by atoms with Gasteiger partial charge in [0.15, 0.2) is 11.5 Å². The molecule has 6 nitrogen and oxygen atoms in total. The second-order valence-electron chi connectivity index (χ2n) is 7.47. The molecule has 1 heterocycles. The fourth-order valence-electron chi connectivity index (χ4n) is 5.19. The van der Waals surface area contributed by atoms with Crippen molar-refractivity contribution in [1.29, 1.82) is 0 Å². The molecule has 4 aliphatic carbocycles. The van der Waals surface area contributed by atoms with E-state index in [1.54, 1.807) is 20.3 Å². The van der Waals surface area contributed by atoms with E-state index in [2.05, 4.69) is 17.3 Å².